The maximum Gasteiger partial charge on any atom is 0.305 e. The minimum absolute atomic E-state index is 0.0292. The van der Waals surface area contributed by atoms with Crippen LogP contribution in [0.4, 0.5) is 0 Å². The number of rotatable bonds is 6. The normalized spacial score (nSPS) is 11.9. The van der Waals surface area contributed by atoms with E-state index >= 15 is 0 Å². The summed E-state index contributed by atoms with van der Waals surface area (Å²) in [6.45, 7) is 3.78. The van der Waals surface area contributed by atoms with Crippen LogP contribution in [0.3, 0.4) is 0 Å². The van der Waals surface area contributed by atoms with Gasteiger partial charge in [0.2, 0.25) is 0 Å². The second-order valence-corrected chi connectivity index (χ2v) is 3.81. The Kier molecular flexibility index (Phi) is 5.49. The number of benzene rings is 1. The van der Waals surface area contributed by atoms with Gasteiger partial charge in [0.1, 0.15) is 25.1 Å². The lowest BCUT2D eigenvalue weighted by atomic mass is 10.2. The molecule has 1 unspecified atom stereocenters. The molecule has 0 amide bonds. The number of ether oxygens (including phenoxy) is 2. The Morgan fingerprint density at radius 2 is 1.94 bits per heavy atom. The monoisotopic (exact) mass is 238 g/mol. The van der Waals surface area contributed by atoms with Crippen LogP contribution in [0.2, 0.25) is 0 Å². The Hall–Kier alpha value is -1.55. The minimum Gasteiger partial charge on any atom is -0.491 e. The van der Waals surface area contributed by atoms with Crippen LogP contribution in [-0.4, -0.2) is 30.4 Å². The summed E-state index contributed by atoms with van der Waals surface area (Å²) in [5, 5.41) is 9.51. The number of hydrogen-bond donors (Lipinski definition) is 1. The molecule has 0 spiro atoms. The van der Waals surface area contributed by atoms with E-state index in [1.807, 2.05) is 31.2 Å². The lowest BCUT2D eigenvalue weighted by molar-refractivity contribution is -0.146. The molecule has 17 heavy (non-hydrogen) atoms. The third-order valence-corrected chi connectivity index (χ3v) is 2.19. The largest absolute Gasteiger partial charge is 0.491 e. The van der Waals surface area contributed by atoms with Gasteiger partial charge in [-0.1, -0.05) is 24.6 Å². The van der Waals surface area contributed by atoms with Crippen molar-refractivity contribution < 1.29 is 19.4 Å². The van der Waals surface area contributed by atoms with Crippen LogP contribution in [0.1, 0.15) is 18.9 Å². The van der Waals surface area contributed by atoms with E-state index in [1.165, 1.54) is 0 Å². The SMILES string of the molecule is CCC(=O)OCC(O)COc1ccc(C)cc1. The zero-order chi connectivity index (χ0) is 12.7. The van der Waals surface area contributed by atoms with Crippen LogP contribution in [0, 0.1) is 6.92 Å². The third kappa shape index (κ3) is 5.36. The Labute approximate surface area is 101 Å². The molecule has 0 aliphatic carbocycles. The second kappa shape index (κ2) is 6.91. The Morgan fingerprint density at radius 3 is 2.53 bits per heavy atom. The molecular weight excluding hydrogens is 220 g/mol. The first-order valence-electron chi connectivity index (χ1n) is 5.65. The first-order chi connectivity index (χ1) is 8.11. The standard InChI is InChI=1S/C13H18O4/c1-3-13(15)17-9-11(14)8-16-12-6-4-10(2)5-7-12/h4-7,11,14H,3,8-9H2,1-2H3. The van der Waals surface area contributed by atoms with E-state index in [9.17, 15) is 9.90 Å². The number of hydrogen-bond acceptors (Lipinski definition) is 4. The number of aliphatic hydroxyl groups excluding tert-OH is 1. The molecule has 0 saturated carbocycles. The van der Waals surface area contributed by atoms with Crippen molar-refractivity contribution in [2.24, 2.45) is 0 Å². The van der Waals surface area contributed by atoms with Gasteiger partial charge < -0.3 is 14.6 Å². The number of aryl methyl sites for hydroxylation is 1. The van der Waals surface area contributed by atoms with Gasteiger partial charge in [-0.3, -0.25) is 4.79 Å². The van der Waals surface area contributed by atoms with Gasteiger partial charge in [0, 0.05) is 6.42 Å². The fraction of sp³-hybridized carbons (Fsp3) is 0.462. The van der Waals surface area contributed by atoms with Gasteiger partial charge in [-0.2, -0.15) is 0 Å². The molecule has 0 fully saturated rings. The summed E-state index contributed by atoms with van der Waals surface area (Å²) >= 11 is 0. The van der Waals surface area contributed by atoms with Gasteiger partial charge in [0.25, 0.3) is 0 Å². The van der Waals surface area contributed by atoms with Gasteiger partial charge in [0.15, 0.2) is 0 Å². The van der Waals surface area contributed by atoms with Crippen LogP contribution in [0.15, 0.2) is 24.3 Å². The molecule has 0 heterocycles. The predicted octanol–water partition coefficient (Wildman–Crippen LogP) is 1.69. The lowest BCUT2D eigenvalue weighted by Gasteiger charge is -2.12. The summed E-state index contributed by atoms with van der Waals surface area (Å²) in [6.07, 6.45) is -0.488. The molecule has 4 heteroatoms. The molecule has 0 saturated heterocycles. The predicted molar refractivity (Wildman–Crippen MR) is 63.9 cm³/mol. The van der Waals surface area contributed by atoms with Crippen LogP contribution >= 0.6 is 0 Å². The smallest absolute Gasteiger partial charge is 0.305 e. The Bertz CT molecular complexity index is 345. The van der Waals surface area contributed by atoms with Crippen LogP contribution < -0.4 is 4.74 Å². The van der Waals surface area contributed by atoms with E-state index in [1.54, 1.807) is 6.92 Å². The molecule has 4 nitrogen and oxygen atoms in total. The molecule has 1 aromatic carbocycles. The average molecular weight is 238 g/mol. The van der Waals surface area contributed by atoms with Crippen molar-refractivity contribution in [3.05, 3.63) is 29.8 Å². The van der Waals surface area contributed by atoms with Crippen molar-refractivity contribution in [1.82, 2.24) is 0 Å². The maximum atomic E-state index is 10.9. The molecule has 1 rings (SSSR count). The molecular formula is C13H18O4. The number of carbonyl (C=O) groups excluding carboxylic acids is 1. The molecule has 94 valence electrons. The summed E-state index contributed by atoms with van der Waals surface area (Å²) in [5.41, 5.74) is 1.15. The van der Waals surface area contributed by atoms with Gasteiger partial charge in [-0.25, -0.2) is 0 Å². The summed E-state index contributed by atoms with van der Waals surface area (Å²) in [4.78, 5) is 10.9. The molecule has 0 bridgehead atoms. The van der Waals surface area contributed by atoms with E-state index in [0.717, 1.165) is 5.56 Å². The van der Waals surface area contributed by atoms with Crippen LogP contribution in [0.5, 0.6) is 5.75 Å². The third-order valence-electron chi connectivity index (χ3n) is 2.19. The minimum atomic E-state index is -0.799. The Balaban J connectivity index is 2.25. The highest BCUT2D eigenvalue weighted by atomic mass is 16.5. The average Bonchev–Trinajstić information content (AvgIpc) is 2.35. The van der Waals surface area contributed by atoms with Crippen LogP contribution in [0.25, 0.3) is 0 Å². The first-order valence-corrected chi connectivity index (χ1v) is 5.65. The van der Waals surface area contributed by atoms with E-state index in [2.05, 4.69) is 0 Å². The van der Waals surface area contributed by atoms with Crippen molar-refractivity contribution in [1.29, 1.82) is 0 Å². The molecule has 1 N–H and O–H groups in total. The number of aliphatic hydroxyl groups is 1. The summed E-state index contributed by atoms with van der Waals surface area (Å²) < 4.78 is 10.1. The molecule has 1 aromatic rings. The van der Waals surface area contributed by atoms with E-state index in [4.69, 9.17) is 9.47 Å². The van der Waals surface area contributed by atoms with Crippen molar-refractivity contribution in [2.75, 3.05) is 13.2 Å². The Morgan fingerprint density at radius 1 is 1.29 bits per heavy atom. The van der Waals surface area contributed by atoms with Gasteiger partial charge in [-0.15, -0.1) is 0 Å². The van der Waals surface area contributed by atoms with Gasteiger partial charge >= 0.3 is 5.97 Å². The summed E-state index contributed by atoms with van der Waals surface area (Å²) in [6, 6.07) is 7.53. The molecule has 0 aliphatic rings. The topological polar surface area (TPSA) is 55.8 Å². The molecule has 1 atom stereocenters. The van der Waals surface area contributed by atoms with Crippen molar-refractivity contribution in [3.63, 3.8) is 0 Å². The highest BCUT2D eigenvalue weighted by Gasteiger charge is 2.08. The number of carbonyl (C=O) groups is 1. The molecule has 0 aliphatic heterocycles. The van der Waals surface area contributed by atoms with Crippen molar-refractivity contribution in [3.8, 4) is 5.75 Å². The highest BCUT2D eigenvalue weighted by molar-refractivity contribution is 5.68. The first kappa shape index (κ1) is 13.5. The van der Waals surface area contributed by atoms with Gasteiger partial charge in [0.05, 0.1) is 0 Å². The zero-order valence-electron chi connectivity index (χ0n) is 10.2. The molecule has 0 aromatic heterocycles. The summed E-state index contributed by atoms with van der Waals surface area (Å²) in [5.74, 6) is 0.371. The van der Waals surface area contributed by atoms with E-state index < -0.39 is 6.10 Å². The van der Waals surface area contributed by atoms with Gasteiger partial charge in [-0.05, 0) is 19.1 Å². The molecule has 0 radical (unpaired) electrons. The van der Waals surface area contributed by atoms with Crippen LogP contribution in [-0.2, 0) is 9.53 Å². The fourth-order valence-corrected chi connectivity index (χ4v) is 1.17. The number of esters is 1. The quantitative estimate of drug-likeness (QED) is 0.766. The second-order valence-electron chi connectivity index (χ2n) is 3.81. The van der Waals surface area contributed by atoms with E-state index in [0.29, 0.717) is 12.2 Å². The fourth-order valence-electron chi connectivity index (χ4n) is 1.17. The summed E-state index contributed by atoms with van der Waals surface area (Å²) in [7, 11) is 0. The van der Waals surface area contributed by atoms with Crippen molar-refractivity contribution in [2.45, 2.75) is 26.4 Å². The zero-order valence-corrected chi connectivity index (χ0v) is 10.2. The maximum absolute atomic E-state index is 10.9. The van der Waals surface area contributed by atoms with Crippen molar-refractivity contribution >= 4 is 5.97 Å². The van der Waals surface area contributed by atoms with E-state index in [-0.39, 0.29) is 19.2 Å². The lowest BCUT2D eigenvalue weighted by Crippen LogP contribution is -2.25. The highest BCUT2D eigenvalue weighted by Crippen LogP contribution is 2.11.